The lowest BCUT2D eigenvalue weighted by molar-refractivity contribution is 0.513. The van der Waals surface area contributed by atoms with Crippen LogP contribution in [0.2, 0.25) is 0 Å². The number of hydrazine groups is 1. The van der Waals surface area contributed by atoms with Crippen LogP contribution < -0.4 is 16.6 Å². The molecule has 0 amide bonds. The molecule has 0 unspecified atom stereocenters. The van der Waals surface area contributed by atoms with Gasteiger partial charge in [0.1, 0.15) is 0 Å². The van der Waals surface area contributed by atoms with Crippen LogP contribution in [0.4, 0.5) is 0 Å². The number of nitrogens with two attached hydrogens (primary N) is 1. The van der Waals surface area contributed by atoms with Gasteiger partial charge >= 0.3 is 0 Å². The monoisotopic (exact) mass is 145 g/mol. The topological polar surface area (TPSA) is 50.1 Å². The van der Waals surface area contributed by atoms with Crippen molar-refractivity contribution in [3.8, 4) is 0 Å². The average molecular weight is 145 g/mol. The molecule has 3 nitrogen and oxygen atoms in total. The van der Waals surface area contributed by atoms with E-state index in [0.29, 0.717) is 6.67 Å². The Morgan fingerprint density at radius 3 is 2.60 bits per heavy atom. The summed E-state index contributed by atoms with van der Waals surface area (Å²) in [6.07, 6.45) is 2.52. The van der Waals surface area contributed by atoms with Gasteiger partial charge in [-0.1, -0.05) is 13.8 Å². The summed E-state index contributed by atoms with van der Waals surface area (Å²) in [6, 6.07) is 0. The van der Waals surface area contributed by atoms with Crippen molar-refractivity contribution in [2.24, 2.45) is 11.8 Å². The first kappa shape index (κ1) is 9.88. The van der Waals surface area contributed by atoms with Crippen molar-refractivity contribution >= 4 is 0 Å². The zero-order valence-corrected chi connectivity index (χ0v) is 6.98. The van der Waals surface area contributed by atoms with Gasteiger partial charge in [-0.25, -0.2) is 5.43 Å². The average Bonchev–Trinajstić information content (AvgIpc) is 1.87. The van der Waals surface area contributed by atoms with Crippen LogP contribution in [-0.4, -0.2) is 13.2 Å². The molecule has 4 N–H and O–H groups in total. The summed E-state index contributed by atoms with van der Waals surface area (Å²) >= 11 is 0. The summed E-state index contributed by atoms with van der Waals surface area (Å²) in [5, 5.41) is 3.15. The fourth-order valence-electron chi connectivity index (χ4n) is 0.796. The number of hydrogen-bond donors (Lipinski definition) is 3. The minimum atomic E-state index is 0.706. The van der Waals surface area contributed by atoms with E-state index in [2.05, 4.69) is 24.6 Å². The molecule has 0 aliphatic heterocycles. The Hall–Kier alpha value is -0.120. The fourth-order valence-corrected chi connectivity index (χ4v) is 0.796. The highest BCUT2D eigenvalue weighted by Gasteiger charge is 1.91. The Morgan fingerprint density at radius 1 is 1.40 bits per heavy atom. The van der Waals surface area contributed by atoms with Crippen LogP contribution in [0, 0.1) is 5.92 Å². The summed E-state index contributed by atoms with van der Waals surface area (Å²) in [5.74, 6) is 5.87. The molecule has 0 heterocycles. The van der Waals surface area contributed by atoms with Gasteiger partial charge in [0.15, 0.2) is 0 Å². The molecule has 0 saturated carbocycles. The minimum absolute atomic E-state index is 0.706. The van der Waals surface area contributed by atoms with Crippen molar-refractivity contribution in [2.75, 3.05) is 13.2 Å². The minimum Gasteiger partial charge on any atom is -0.303 e. The molecule has 0 rings (SSSR count). The largest absolute Gasteiger partial charge is 0.303 e. The summed E-state index contributed by atoms with van der Waals surface area (Å²) in [4.78, 5) is 0. The summed E-state index contributed by atoms with van der Waals surface area (Å²) in [7, 11) is 0. The molecule has 0 bridgehead atoms. The lowest BCUT2D eigenvalue weighted by Crippen LogP contribution is -2.34. The van der Waals surface area contributed by atoms with Gasteiger partial charge in [-0.2, -0.15) is 0 Å². The van der Waals surface area contributed by atoms with E-state index in [1.807, 2.05) is 0 Å². The van der Waals surface area contributed by atoms with E-state index in [1.165, 1.54) is 12.8 Å². The van der Waals surface area contributed by atoms with Crippen LogP contribution in [0.1, 0.15) is 26.7 Å². The van der Waals surface area contributed by atoms with Gasteiger partial charge in [0, 0.05) is 0 Å². The SMILES string of the molecule is CC(C)CCCNCNN. The van der Waals surface area contributed by atoms with Crippen LogP contribution in [0.3, 0.4) is 0 Å². The summed E-state index contributed by atoms with van der Waals surface area (Å²) < 4.78 is 0. The van der Waals surface area contributed by atoms with Gasteiger partial charge in [-0.3, -0.25) is 5.84 Å². The molecule has 0 aromatic carbocycles. The Balaban J connectivity index is 2.77. The quantitative estimate of drug-likeness (QED) is 0.220. The first-order valence-corrected chi connectivity index (χ1v) is 3.91. The van der Waals surface area contributed by atoms with Crippen molar-refractivity contribution in [1.29, 1.82) is 0 Å². The number of hydrogen-bond acceptors (Lipinski definition) is 3. The maximum Gasteiger partial charge on any atom is 0.0587 e. The highest BCUT2D eigenvalue weighted by molar-refractivity contribution is 4.48. The predicted octanol–water partition coefficient (Wildman–Crippen LogP) is 0.433. The first-order valence-electron chi connectivity index (χ1n) is 3.91. The third-order valence-electron chi connectivity index (χ3n) is 1.36. The third-order valence-corrected chi connectivity index (χ3v) is 1.36. The molecular formula is C7H19N3. The second kappa shape index (κ2) is 6.99. The maximum absolute atomic E-state index is 5.06. The Morgan fingerprint density at radius 2 is 2.10 bits per heavy atom. The number of nitrogens with one attached hydrogen (secondary N) is 2. The Bertz CT molecular complexity index is 63.9. The van der Waals surface area contributed by atoms with Crippen LogP contribution in [0.15, 0.2) is 0 Å². The molecule has 10 heavy (non-hydrogen) atoms. The molecule has 0 aromatic heterocycles. The van der Waals surface area contributed by atoms with E-state index in [0.717, 1.165) is 12.5 Å². The Labute approximate surface area is 63.3 Å². The first-order chi connectivity index (χ1) is 4.77. The normalized spacial score (nSPS) is 10.8. The lowest BCUT2D eigenvalue weighted by atomic mass is 10.1. The summed E-state index contributed by atoms with van der Waals surface area (Å²) in [5.41, 5.74) is 2.54. The number of rotatable bonds is 6. The van der Waals surface area contributed by atoms with Crippen LogP contribution >= 0.6 is 0 Å². The third kappa shape index (κ3) is 7.88. The zero-order valence-electron chi connectivity index (χ0n) is 6.98. The highest BCUT2D eigenvalue weighted by Crippen LogP contribution is 2.01. The van der Waals surface area contributed by atoms with E-state index < -0.39 is 0 Å². The Kier molecular flexibility index (Phi) is 6.91. The van der Waals surface area contributed by atoms with Crippen LogP contribution in [0.25, 0.3) is 0 Å². The van der Waals surface area contributed by atoms with Crippen molar-refractivity contribution < 1.29 is 0 Å². The van der Waals surface area contributed by atoms with E-state index in [1.54, 1.807) is 0 Å². The van der Waals surface area contributed by atoms with Gasteiger partial charge in [0.25, 0.3) is 0 Å². The van der Waals surface area contributed by atoms with Gasteiger partial charge in [-0.15, -0.1) is 0 Å². The van der Waals surface area contributed by atoms with Crippen molar-refractivity contribution in [2.45, 2.75) is 26.7 Å². The maximum atomic E-state index is 5.06. The van der Waals surface area contributed by atoms with Crippen LogP contribution in [-0.2, 0) is 0 Å². The van der Waals surface area contributed by atoms with Gasteiger partial charge in [0.05, 0.1) is 6.67 Å². The molecule has 0 aromatic rings. The van der Waals surface area contributed by atoms with Gasteiger partial charge < -0.3 is 5.32 Å². The molecule has 0 fully saturated rings. The second-order valence-electron chi connectivity index (χ2n) is 2.92. The zero-order chi connectivity index (χ0) is 7.82. The molecular weight excluding hydrogens is 126 g/mol. The standard InChI is InChI=1S/C7H19N3/c1-7(2)4-3-5-9-6-10-8/h7,9-10H,3-6,8H2,1-2H3. The molecule has 0 spiro atoms. The molecule has 0 aliphatic rings. The van der Waals surface area contributed by atoms with E-state index >= 15 is 0 Å². The molecule has 62 valence electrons. The van der Waals surface area contributed by atoms with E-state index in [4.69, 9.17) is 5.84 Å². The summed E-state index contributed by atoms with van der Waals surface area (Å²) in [6.45, 7) is 6.24. The van der Waals surface area contributed by atoms with Crippen molar-refractivity contribution in [3.63, 3.8) is 0 Å². The molecule has 0 radical (unpaired) electrons. The van der Waals surface area contributed by atoms with Crippen molar-refractivity contribution in [3.05, 3.63) is 0 Å². The molecule has 0 aliphatic carbocycles. The molecule has 3 heteroatoms. The van der Waals surface area contributed by atoms with Gasteiger partial charge in [0.2, 0.25) is 0 Å². The van der Waals surface area contributed by atoms with Gasteiger partial charge in [-0.05, 0) is 25.3 Å². The smallest absolute Gasteiger partial charge is 0.0587 e. The van der Waals surface area contributed by atoms with Crippen molar-refractivity contribution in [1.82, 2.24) is 10.7 Å². The lowest BCUT2D eigenvalue weighted by Gasteiger charge is -2.04. The van der Waals surface area contributed by atoms with E-state index in [-0.39, 0.29) is 0 Å². The second-order valence-corrected chi connectivity index (χ2v) is 2.92. The predicted molar refractivity (Wildman–Crippen MR) is 44.3 cm³/mol. The van der Waals surface area contributed by atoms with Crippen LogP contribution in [0.5, 0.6) is 0 Å². The fraction of sp³-hybridized carbons (Fsp3) is 1.00. The molecule has 0 saturated heterocycles. The molecule has 0 atom stereocenters. The van der Waals surface area contributed by atoms with E-state index in [9.17, 15) is 0 Å². The highest BCUT2D eigenvalue weighted by atomic mass is 15.3.